The number of hydrogen-bond donors (Lipinski definition) is 0. The number of ether oxygens (including phenoxy) is 2. The van der Waals surface area contributed by atoms with E-state index < -0.39 is 0 Å². The first-order chi connectivity index (χ1) is 14.7. The lowest BCUT2D eigenvalue weighted by Gasteiger charge is -2.24. The van der Waals surface area contributed by atoms with Crippen LogP contribution in [0.25, 0.3) is 23.0 Å². The summed E-state index contributed by atoms with van der Waals surface area (Å²) < 4.78 is 31.9. The highest BCUT2D eigenvalue weighted by Crippen LogP contribution is 2.30. The number of fused-ring (bicyclic) bond motifs is 1. The van der Waals surface area contributed by atoms with E-state index in [9.17, 15) is 4.39 Å². The summed E-state index contributed by atoms with van der Waals surface area (Å²) in [4.78, 5) is 4.40. The number of benzene rings is 2. The maximum Gasteiger partial charge on any atom is 0.278 e. The molecule has 1 aliphatic rings. The van der Waals surface area contributed by atoms with Gasteiger partial charge < -0.3 is 14.0 Å². The Morgan fingerprint density at radius 1 is 1.13 bits per heavy atom. The summed E-state index contributed by atoms with van der Waals surface area (Å²) in [6.07, 6.45) is -0.0987. The number of halogens is 1. The van der Waals surface area contributed by atoms with E-state index in [1.54, 1.807) is 12.1 Å². The van der Waals surface area contributed by atoms with Gasteiger partial charge in [0.15, 0.2) is 5.69 Å². The van der Waals surface area contributed by atoms with Gasteiger partial charge in [-0.3, -0.25) is 4.68 Å². The second kappa shape index (κ2) is 7.72. The third kappa shape index (κ3) is 3.57. The van der Waals surface area contributed by atoms with E-state index >= 15 is 0 Å². The van der Waals surface area contributed by atoms with Crippen LogP contribution in [0.15, 0.2) is 59.1 Å². The van der Waals surface area contributed by atoms with E-state index in [-0.39, 0.29) is 11.9 Å². The number of aromatic nitrogens is 4. The lowest BCUT2D eigenvalue weighted by molar-refractivity contribution is -0.00115. The highest BCUT2D eigenvalue weighted by molar-refractivity contribution is 5.57. The predicted octanol–water partition coefficient (Wildman–Crippen LogP) is 4.41. The first-order valence-electron chi connectivity index (χ1n) is 9.70. The summed E-state index contributed by atoms with van der Waals surface area (Å²) in [5.41, 5.74) is 3.27. The highest BCUT2D eigenvalue weighted by Gasteiger charge is 2.24. The summed E-state index contributed by atoms with van der Waals surface area (Å²) >= 11 is 0. The van der Waals surface area contributed by atoms with Gasteiger partial charge in [-0.2, -0.15) is 10.1 Å². The smallest absolute Gasteiger partial charge is 0.278 e. The number of hydrogen-bond acceptors (Lipinski definition) is 6. The van der Waals surface area contributed by atoms with Gasteiger partial charge in [0.2, 0.25) is 5.82 Å². The average Bonchev–Trinajstić information content (AvgIpc) is 3.42. The topological polar surface area (TPSA) is 75.2 Å². The fourth-order valence-corrected chi connectivity index (χ4v) is 3.42. The van der Waals surface area contributed by atoms with Crippen molar-refractivity contribution < 1.29 is 18.4 Å². The maximum absolute atomic E-state index is 13.1. The van der Waals surface area contributed by atoms with Gasteiger partial charge in [0.25, 0.3) is 5.89 Å². The summed E-state index contributed by atoms with van der Waals surface area (Å²) in [5, 5.41) is 8.60. The van der Waals surface area contributed by atoms with Gasteiger partial charge in [0.05, 0.1) is 25.5 Å². The Bertz CT molecular complexity index is 1150. The second-order valence-corrected chi connectivity index (χ2v) is 6.93. The number of nitrogens with zero attached hydrogens (tertiary/aromatic N) is 4. The van der Waals surface area contributed by atoms with Gasteiger partial charge in [-0.05, 0) is 55.0 Å². The third-order valence-electron chi connectivity index (χ3n) is 4.94. The van der Waals surface area contributed by atoms with E-state index in [0.717, 1.165) is 17.0 Å². The molecule has 0 spiro atoms. The van der Waals surface area contributed by atoms with Crippen molar-refractivity contribution >= 4 is 0 Å². The molecular formula is C22H19FN4O3. The van der Waals surface area contributed by atoms with E-state index in [1.807, 2.05) is 41.9 Å². The van der Waals surface area contributed by atoms with Crippen molar-refractivity contribution in [3.63, 3.8) is 0 Å². The van der Waals surface area contributed by atoms with Crippen LogP contribution in [0.3, 0.4) is 0 Å². The molecule has 152 valence electrons. The van der Waals surface area contributed by atoms with Crippen molar-refractivity contribution in [2.75, 3.05) is 6.61 Å². The summed E-state index contributed by atoms with van der Waals surface area (Å²) in [7, 11) is 0. The fraction of sp³-hybridized carbons (Fsp3) is 0.227. The van der Waals surface area contributed by atoms with Gasteiger partial charge in [-0.15, -0.1) is 0 Å². The van der Waals surface area contributed by atoms with Crippen molar-refractivity contribution in [2.45, 2.75) is 26.2 Å². The monoisotopic (exact) mass is 406 g/mol. The van der Waals surface area contributed by atoms with E-state index in [1.165, 1.54) is 12.1 Å². The normalized spacial score (nSPS) is 15.7. The molecule has 8 heteroatoms. The average molecular weight is 406 g/mol. The van der Waals surface area contributed by atoms with Gasteiger partial charge in [-0.1, -0.05) is 17.3 Å². The Labute approximate surface area is 172 Å². The van der Waals surface area contributed by atoms with Crippen LogP contribution in [0.2, 0.25) is 0 Å². The zero-order valence-corrected chi connectivity index (χ0v) is 16.3. The van der Waals surface area contributed by atoms with Crippen molar-refractivity contribution in [3.8, 4) is 28.7 Å². The Balaban J connectivity index is 1.34. The summed E-state index contributed by atoms with van der Waals surface area (Å²) in [6, 6.07) is 15.7. The molecule has 0 saturated carbocycles. The van der Waals surface area contributed by atoms with Crippen LogP contribution in [0.1, 0.15) is 24.3 Å². The molecule has 0 amide bonds. The molecule has 2 aromatic carbocycles. The van der Waals surface area contributed by atoms with Gasteiger partial charge in [0.1, 0.15) is 17.7 Å². The molecule has 5 rings (SSSR count). The fourth-order valence-electron chi connectivity index (χ4n) is 3.42. The van der Waals surface area contributed by atoms with Gasteiger partial charge in [-0.25, -0.2) is 4.39 Å². The van der Waals surface area contributed by atoms with Crippen LogP contribution in [0, 0.1) is 5.82 Å². The van der Waals surface area contributed by atoms with Crippen LogP contribution in [0.5, 0.6) is 5.75 Å². The zero-order valence-electron chi connectivity index (χ0n) is 16.3. The molecule has 0 saturated heterocycles. The molecule has 1 aliphatic heterocycles. The van der Waals surface area contributed by atoms with Crippen molar-refractivity contribution in [3.05, 3.63) is 71.7 Å². The van der Waals surface area contributed by atoms with Gasteiger partial charge >= 0.3 is 0 Å². The number of rotatable bonds is 5. The third-order valence-corrected chi connectivity index (χ3v) is 4.94. The molecule has 0 fully saturated rings. The molecular weight excluding hydrogens is 387 g/mol. The lowest BCUT2D eigenvalue weighted by atomic mass is 10.1. The highest BCUT2D eigenvalue weighted by atomic mass is 19.1. The SMILES string of the molecule is CCOc1ccc([C@@H]2Cn3nc(-c4nc(-c5ccc(F)cc5)no4)cc3CO2)cc1. The molecule has 4 aromatic rings. The molecule has 30 heavy (non-hydrogen) atoms. The van der Waals surface area contributed by atoms with Crippen LogP contribution in [-0.4, -0.2) is 26.5 Å². The van der Waals surface area contributed by atoms with Gasteiger partial charge in [0, 0.05) is 5.56 Å². The lowest BCUT2D eigenvalue weighted by Crippen LogP contribution is -2.21. The Kier molecular flexibility index (Phi) is 4.76. The minimum Gasteiger partial charge on any atom is -0.494 e. The minimum atomic E-state index is -0.314. The maximum atomic E-state index is 13.1. The van der Waals surface area contributed by atoms with Crippen molar-refractivity contribution in [1.29, 1.82) is 0 Å². The van der Waals surface area contributed by atoms with Crippen LogP contribution in [-0.2, 0) is 17.9 Å². The van der Waals surface area contributed by atoms with Crippen molar-refractivity contribution in [2.24, 2.45) is 0 Å². The molecule has 2 aromatic heterocycles. The van der Waals surface area contributed by atoms with E-state index in [0.29, 0.717) is 42.7 Å². The summed E-state index contributed by atoms with van der Waals surface area (Å²) in [5.74, 6) is 1.23. The van der Waals surface area contributed by atoms with Crippen LogP contribution >= 0.6 is 0 Å². The van der Waals surface area contributed by atoms with E-state index in [4.69, 9.17) is 14.0 Å². The first-order valence-corrected chi connectivity index (χ1v) is 9.70. The molecule has 0 aliphatic carbocycles. The minimum absolute atomic E-state index is 0.0987. The Morgan fingerprint density at radius 3 is 2.70 bits per heavy atom. The predicted molar refractivity (Wildman–Crippen MR) is 106 cm³/mol. The Hall–Kier alpha value is -3.52. The molecule has 3 heterocycles. The molecule has 0 N–H and O–H groups in total. The second-order valence-electron chi connectivity index (χ2n) is 6.93. The largest absolute Gasteiger partial charge is 0.494 e. The summed E-state index contributed by atoms with van der Waals surface area (Å²) in [6.45, 7) is 3.62. The first kappa shape index (κ1) is 18.5. The quantitative estimate of drug-likeness (QED) is 0.489. The zero-order chi connectivity index (χ0) is 20.5. The molecule has 0 unspecified atom stereocenters. The standard InChI is InChI=1S/C22H19FN4O3/c1-2-28-18-9-5-14(6-10-18)20-12-27-17(13-29-20)11-19(25-27)22-24-21(26-30-22)15-3-7-16(23)8-4-15/h3-11,20H,2,12-13H2,1H3/t20-/m0/s1. The Morgan fingerprint density at radius 2 is 1.93 bits per heavy atom. The molecule has 7 nitrogen and oxygen atoms in total. The van der Waals surface area contributed by atoms with Crippen LogP contribution < -0.4 is 4.74 Å². The molecule has 0 radical (unpaired) electrons. The molecule has 0 bridgehead atoms. The molecule has 1 atom stereocenters. The van der Waals surface area contributed by atoms with Crippen molar-refractivity contribution in [1.82, 2.24) is 19.9 Å². The van der Waals surface area contributed by atoms with E-state index in [2.05, 4.69) is 15.2 Å². The van der Waals surface area contributed by atoms with Crippen LogP contribution in [0.4, 0.5) is 4.39 Å².